The molecule has 1 saturated heterocycles. The van der Waals surface area contributed by atoms with Gasteiger partial charge in [-0.3, -0.25) is 4.21 Å². The Morgan fingerprint density at radius 2 is 2.20 bits per heavy atom. The smallest absolute Gasteiger partial charge is 0.651 e. The summed E-state index contributed by atoms with van der Waals surface area (Å²) in [4.78, 5) is 0. The molecule has 0 aromatic heterocycles. The fourth-order valence-electron chi connectivity index (χ4n) is 1.08. The quantitative estimate of drug-likeness (QED) is 0.428. The molecule has 1 heterocycles. The molecule has 0 aromatic carbocycles. The summed E-state index contributed by atoms with van der Waals surface area (Å²) in [5, 5.41) is 4.18. The summed E-state index contributed by atoms with van der Waals surface area (Å²) in [6.07, 6.45) is 3.36. The zero-order chi connectivity index (χ0) is 6.69. The van der Waals surface area contributed by atoms with Gasteiger partial charge in [0.05, 0.1) is 0 Å². The van der Waals surface area contributed by atoms with E-state index >= 15 is 0 Å². The zero-order valence-electron chi connectivity index (χ0n) is 6.67. The van der Waals surface area contributed by atoms with Crippen molar-refractivity contribution in [1.29, 1.82) is 0 Å². The number of rotatable bonds is 1. The summed E-state index contributed by atoms with van der Waals surface area (Å²) in [7, 11) is 1.11. The minimum Gasteiger partial charge on any atom is -0.651 e. The van der Waals surface area contributed by atoms with Gasteiger partial charge in [-0.2, -0.15) is 7.05 Å². The molecule has 2 atom stereocenters. The molecule has 54 valence electrons. The molecule has 0 bridgehead atoms. The van der Waals surface area contributed by atoms with Crippen molar-refractivity contribution in [2.45, 2.75) is 24.6 Å². The van der Waals surface area contributed by atoms with Crippen LogP contribution < -0.4 is 29.6 Å². The van der Waals surface area contributed by atoms with E-state index < -0.39 is 10.8 Å². The molecule has 1 aliphatic rings. The number of nitrogens with zero attached hydrogens (tertiary/aromatic N) is 1. The summed E-state index contributed by atoms with van der Waals surface area (Å²) in [6, 6.07) is 0. The van der Waals surface area contributed by atoms with Crippen LogP contribution in [0.25, 0.3) is 5.32 Å². The summed E-state index contributed by atoms with van der Waals surface area (Å²) >= 11 is 0. The van der Waals surface area contributed by atoms with Crippen molar-refractivity contribution in [2.75, 3.05) is 12.8 Å². The van der Waals surface area contributed by atoms with Gasteiger partial charge in [0, 0.05) is 16.6 Å². The fraction of sp³-hybridized carbons (Fsp3) is 1.00. The van der Waals surface area contributed by atoms with Crippen molar-refractivity contribution in [3.05, 3.63) is 5.32 Å². The fourth-order valence-corrected chi connectivity index (χ4v) is 2.50. The Balaban J connectivity index is 0.000000810. The molecule has 0 spiro atoms. The van der Waals surface area contributed by atoms with Crippen molar-refractivity contribution in [3.8, 4) is 0 Å². The molecule has 2 nitrogen and oxygen atoms in total. The normalized spacial score (nSPS) is 32.9. The number of hydrogen-bond acceptors (Lipinski definition) is 1. The van der Waals surface area contributed by atoms with Gasteiger partial charge < -0.3 is 5.32 Å². The van der Waals surface area contributed by atoms with Crippen molar-refractivity contribution in [1.82, 2.24) is 0 Å². The van der Waals surface area contributed by atoms with Crippen molar-refractivity contribution in [2.24, 2.45) is 0 Å². The first-order valence-corrected chi connectivity index (χ1v) is 4.69. The maximum atomic E-state index is 11.0. The summed E-state index contributed by atoms with van der Waals surface area (Å²) in [6.45, 7) is 0. The third-order valence-corrected chi connectivity index (χ3v) is 3.38. The van der Waals surface area contributed by atoms with Crippen LogP contribution in [-0.2, 0) is 10.8 Å². The van der Waals surface area contributed by atoms with E-state index in [0.29, 0.717) is 0 Å². The molecule has 0 saturated carbocycles. The van der Waals surface area contributed by atoms with Crippen molar-refractivity contribution < 1.29 is 33.8 Å². The minimum absolute atomic E-state index is 0. The largest absolute Gasteiger partial charge is 1.00 e. The van der Waals surface area contributed by atoms with Crippen LogP contribution in [0, 0.1) is 0 Å². The molecule has 2 unspecified atom stereocenters. The van der Waals surface area contributed by atoms with Gasteiger partial charge in [0.15, 0.2) is 0 Å². The second-order valence-electron chi connectivity index (χ2n) is 2.29. The molecule has 0 aromatic rings. The molecule has 4 heteroatoms. The van der Waals surface area contributed by atoms with Crippen LogP contribution in [0.1, 0.15) is 19.3 Å². The zero-order valence-corrected chi connectivity index (χ0v) is 9.49. The maximum absolute atomic E-state index is 11.0. The topological polar surface area (TPSA) is 31.2 Å². The summed E-state index contributed by atoms with van der Waals surface area (Å²) < 4.78 is 11.0. The van der Waals surface area contributed by atoms with Crippen LogP contribution in [0.2, 0.25) is 0 Å². The van der Waals surface area contributed by atoms with E-state index in [1.807, 2.05) is 0 Å². The summed E-state index contributed by atoms with van der Waals surface area (Å²) in [5.74, 6) is 0.863. The first kappa shape index (κ1) is 11.1. The second-order valence-corrected chi connectivity index (χ2v) is 4.01. The predicted octanol–water partition coefficient (Wildman–Crippen LogP) is -1.75. The van der Waals surface area contributed by atoms with Crippen LogP contribution in [-0.4, -0.2) is 22.4 Å². The molecule has 0 amide bonds. The maximum Gasteiger partial charge on any atom is 1.00 e. The van der Waals surface area contributed by atoms with Crippen LogP contribution in [0.4, 0.5) is 0 Å². The van der Waals surface area contributed by atoms with Gasteiger partial charge in [0.25, 0.3) is 0 Å². The number of hydrogen-bond donors (Lipinski definition) is 0. The van der Waals surface area contributed by atoms with Crippen LogP contribution in [0.3, 0.4) is 0 Å². The third-order valence-electron chi connectivity index (χ3n) is 1.64. The minimum atomic E-state index is -0.645. The van der Waals surface area contributed by atoms with E-state index in [0.717, 1.165) is 18.6 Å². The van der Waals surface area contributed by atoms with E-state index in [1.165, 1.54) is 6.42 Å². The van der Waals surface area contributed by atoms with Crippen molar-refractivity contribution >= 4 is 10.8 Å². The van der Waals surface area contributed by atoms with Gasteiger partial charge >= 0.3 is 29.6 Å². The molecule has 0 aliphatic carbocycles. The summed E-state index contributed by atoms with van der Waals surface area (Å²) in [5.41, 5.74) is 0. The Morgan fingerprint density at radius 1 is 1.50 bits per heavy atom. The van der Waals surface area contributed by atoms with Gasteiger partial charge in [-0.15, -0.1) is 0 Å². The molecule has 0 radical (unpaired) electrons. The van der Waals surface area contributed by atoms with E-state index in [4.69, 9.17) is 0 Å². The Hall–Kier alpha value is 1.11. The second kappa shape index (κ2) is 5.72. The molecule has 10 heavy (non-hydrogen) atoms. The van der Waals surface area contributed by atoms with Gasteiger partial charge in [-0.25, -0.2) is 0 Å². The third kappa shape index (κ3) is 3.01. The standard InChI is InChI=1S/C6H12NOS.Na/c1-7-6-4-2-3-5-9(6)8;/h6H,2-5H2,1H3;/q-1;+1. The molecule has 1 fully saturated rings. The van der Waals surface area contributed by atoms with Crippen LogP contribution >= 0.6 is 0 Å². The van der Waals surface area contributed by atoms with E-state index in [-0.39, 0.29) is 34.9 Å². The van der Waals surface area contributed by atoms with Crippen molar-refractivity contribution in [3.63, 3.8) is 0 Å². The van der Waals surface area contributed by atoms with Gasteiger partial charge in [-0.05, 0) is 6.42 Å². The van der Waals surface area contributed by atoms with E-state index in [1.54, 1.807) is 7.05 Å². The Bertz CT molecular complexity index is 120. The Labute approximate surface area is 86.9 Å². The molecular weight excluding hydrogens is 157 g/mol. The van der Waals surface area contributed by atoms with E-state index in [9.17, 15) is 4.21 Å². The van der Waals surface area contributed by atoms with Gasteiger partial charge in [0.1, 0.15) is 0 Å². The predicted molar refractivity (Wildman–Crippen MR) is 39.9 cm³/mol. The molecule has 0 N–H and O–H groups in total. The average molecular weight is 169 g/mol. The molecule has 1 aliphatic heterocycles. The van der Waals surface area contributed by atoms with E-state index in [2.05, 4.69) is 5.32 Å². The first-order valence-electron chi connectivity index (χ1n) is 3.30. The molecular formula is C6H12NNaOS. The average Bonchev–Trinajstić information content (AvgIpc) is 1.89. The monoisotopic (exact) mass is 169 g/mol. The van der Waals surface area contributed by atoms with Gasteiger partial charge in [0.2, 0.25) is 0 Å². The molecule has 1 rings (SSSR count). The first-order chi connectivity index (χ1) is 4.34. The SMILES string of the molecule is C[N-]C1CCCCS1=O.[Na+]. The van der Waals surface area contributed by atoms with Crippen LogP contribution in [0.5, 0.6) is 0 Å². The van der Waals surface area contributed by atoms with Gasteiger partial charge in [-0.1, -0.05) is 18.2 Å². The Kier molecular flexibility index (Phi) is 6.36. The Morgan fingerprint density at radius 3 is 2.60 bits per heavy atom. The van der Waals surface area contributed by atoms with Crippen LogP contribution in [0.15, 0.2) is 0 Å².